The fourth-order valence-electron chi connectivity index (χ4n) is 2.27. The van der Waals surface area contributed by atoms with Gasteiger partial charge in [0, 0.05) is 25.0 Å². The molecule has 0 spiro atoms. The van der Waals surface area contributed by atoms with Crippen LogP contribution in [0.15, 0.2) is 35.3 Å². The number of aromatic nitrogens is 3. The van der Waals surface area contributed by atoms with Crippen molar-refractivity contribution in [3.63, 3.8) is 0 Å². The maximum Gasteiger partial charge on any atom is 0.275 e. The smallest absolute Gasteiger partial charge is 0.275 e. The summed E-state index contributed by atoms with van der Waals surface area (Å²) in [4.78, 5) is 29.6. The molecular weight excluding hydrogens is 318 g/mol. The molecule has 3 heterocycles. The Labute approximate surface area is 134 Å². The number of anilines is 3. The van der Waals surface area contributed by atoms with E-state index in [-0.39, 0.29) is 18.1 Å². The highest BCUT2D eigenvalue weighted by Gasteiger charge is 2.22. The summed E-state index contributed by atoms with van der Waals surface area (Å²) in [6, 6.07) is 6.77. The summed E-state index contributed by atoms with van der Waals surface area (Å²) in [5.74, 6) is 0.547. The summed E-state index contributed by atoms with van der Waals surface area (Å²) in [5.41, 5.74) is 1.19. The second-order valence-corrected chi connectivity index (χ2v) is 5.89. The van der Waals surface area contributed by atoms with Crippen molar-refractivity contribution in [3.05, 3.63) is 40.8 Å². The molecule has 3 aromatic rings. The predicted molar refractivity (Wildman–Crippen MR) is 85.8 cm³/mol. The molecule has 1 N–H and O–H groups in total. The van der Waals surface area contributed by atoms with Crippen molar-refractivity contribution >= 4 is 38.7 Å². The minimum Gasteiger partial charge on any atom is -0.482 e. The number of amides is 1. The first-order chi connectivity index (χ1) is 11.1. The van der Waals surface area contributed by atoms with Crippen LogP contribution < -0.4 is 20.5 Å². The van der Waals surface area contributed by atoms with E-state index in [9.17, 15) is 9.59 Å². The summed E-state index contributed by atoms with van der Waals surface area (Å²) in [6.07, 6.45) is 1.45. The highest BCUT2D eigenvalue weighted by Crippen LogP contribution is 2.34. The van der Waals surface area contributed by atoms with Gasteiger partial charge in [0.2, 0.25) is 10.1 Å². The van der Waals surface area contributed by atoms with E-state index in [1.807, 2.05) is 6.07 Å². The number of hydrogen-bond acceptors (Lipinski definition) is 7. The van der Waals surface area contributed by atoms with Crippen LogP contribution in [0.2, 0.25) is 0 Å². The van der Waals surface area contributed by atoms with Gasteiger partial charge in [-0.3, -0.25) is 9.59 Å². The Bertz CT molecular complexity index is 980. The topological polar surface area (TPSA) is 88.8 Å². The summed E-state index contributed by atoms with van der Waals surface area (Å²) in [6.45, 7) is 0.0444. The van der Waals surface area contributed by atoms with Crippen LogP contribution in [0, 0.1) is 0 Å². The molecule has 0 fully saturated rings. The molecular formula is C14H11N5O3S. The van der Waals surface area contributed by atoms with Crippen LogP contribution in [-0.2, 0) is 4.79 Å². The third kappa shape index (κ3) is 2.30. The largest absolute Gasteiger partial charge is 0.482 e. The normalized spacial score (nSPS) is 13.8. The van der Waals surface area contributed by atoms with Gasteiger partial charge in [0.05, 0.1) is 5.69 Å². The monoisotopic (exact) mass is 329 g/mol. The first-order valence-corrected chi connectivity index (χ1v) is 7.59. The van der Waals surface area contributed by atoms with Crippen LogP contribution in [0.5, 0.6) is 5.75 Å². The fourth-order valence-corrected chi connectivity index (χ4v) is 3.06. The van der Waals surface area contributed by atoms with Gasteiger partial charge in [-0.2, -0.15) is 4.52 Å². The van der Waals surface area contributed by atoms with Crippen LogP contribution in [0.3, 0.4) is 0 Å². The van der Waals surface area contributed by atoms with Gasteiger partial charge < -0.3 is 15.0 Å². The van der Waals surface area contributed by atoms with Gasteiger partial charge in [0.1, 0.15) is 5.75 Å². The Morgan fingerprint density at radius 3 is 3.00 bits per heavy atom. The Hall–Kier alpha value is -2.94. The van der Waals surface area contributed by atoms with Crippen LogP contribution in [0.25, 0.3) is 4.96 Å². The molecule has 1 aliphatic rings. The molecule has 116 valence electrons. The second kappa shape index (κ2) is 5.06. The van der Waals surface area contributed by atoms with Crippen molar-refractivity contribution in [1.29, 1.82) is 0 Å². The van der Waals surface area contributed by atoms with E-state index >= 15 is 0 Å². The highest BCUT2D eigenvalue weighted by molar-refractivity contribution is 7.20. The van der Waals surface area contributed by atoms with Crippen molar-refractivity contribution in [3.8, 4) is 5.75 Å². The number of ether oxygens (including phenoxy) is 1. The average molecular weight is 329 g/mol. The van der Waals surface area contributed by atoms with Gasteiger partial charge in [-0.15, -0.1) is 5.10 Å². The molecule has 0 radical (unpaired) electrons. The fraction of sp³-hybridized carbons (Fsp3) is 0.143. The number of nitrogens with one attached hydrogen (secondary N) is 1. The molecule has 1 amide bonds. The predicted octanol–water partition coefficient (Wildman–Crippen LogP) is 1.25. The molecule has 9 heteroatoms. The van der Waals surface area contributed by atoms with Gasteiger partial charge >= 0.3 is 0 Å². The first-order valence-electron chi connectivity index (χ1n) is 6.77. The number of fused-ring (bicyclic) bond motifs is 2. The van der Waals surface area contributed by atoms with Crippen LogP contribution in [0.4, 0.5) is 16.5 Å². The number of carbonyl (C=O) groups is 1. The minimum atomic E-state index is -0.233. The molecule has 23 heavy (non-hydrogen) atoms. The van der Waals surface area contributed by atoms with Crippen LogP contribution in [-0.4, -0.2) is 34.2 Å². The molecule has 0 bridgehead atoms. The molecule has 0 atom stereocenters. The van der Waals surface area contributed by atoms with E-state index in [1.165, 1.54) is 28.1 Å². The molecule has 0 aliphatic carbocycles. The van der Waals surface area contributed by atoms with Gasteiger partial charge in [-0.1, -0.05) is 11.3 Å². The van der Waals surface area contributed by atoms with Crippen molar-refractivity contribution in [2.45, 2.75) is 0 Å². The zero-order valence-corrected chi connectivity index (χ0v) is 12.8. The SMILES string of the molecule is CN1C(=O)COc2ccc(Nc3nn4c(=O)ccnc4s3)cc21. The van der Waals surface area contributed by atoms with E-state index in [2.05, 4.69) is 15.4 Å². The Morgan fingerprint density at radius 2 is 2.17 bits per heavy atom. The summed E-state index contributed by atoms with van der Waals surface area (Å²) >= 11 is 1.26. The van der Waals surface area contributed by atoms with Gasteiger partial charge in [-0.05, 0) is 18.2 Å². The lowest BCUT2D eigenvalue weighted by atomic mass is 10.2. The number of rotatable bonds is 2. The first kappa shape index (κ1) is 13.7. The Kier molecular flexibility index (Phi) is 3.01. The van der Waals surface area contributed by atoms with E-state index in [4.69, 9.17) is 4.74 Å². The number of carbonyl (C=O) groups excluding carboxylic acids is 1. The van der Waals surface area contributed by atoms with Crippen LogP contribution in [0.1, 0.15) is 0 Å². The third-order valence-corrected chi connectivity index (χ3v) is 4.31. The summed E-state index contributed by atoms with van der Waals surface area (Å²) in [5, 5.41) is 7.84. The third-order valence-electron chi connectivity index (χ3n) is 3.47. The maximum atomic E-state index is 11.7. The average Bonchev–Trinajstić information content (AvgIpc) is 2.95. The van der Waals surface area contributed by atoms with Crippen molar-refractivity contribution in [1.82, 2.24) is 14.6 Å². The molecule has 1 aliphatic heterocycles. The lowest BCUT2D eigenvalue weighted by molar-refractivity contribution is -0.120. The molecule has 2 aromatic heterocycles. The molecule has 8 nitrogen and oxygen atoms in total. The van der Waals surface area contributed by atoms with E-state index < -0.39 is 0 Å². The zero-order chi connectivity index (χ0) is 16.0. The van der Waals surface area contributed by atoms with Crippen molar-refractivity contribution in [2.24, 2.45) is 0 Å². The van der Waals surface area contributed by atoms with Gasteiger partial charge in [0.15, 0.2) is 6.61 Å². The minimum absolute atomic E-state index is 0.0444. The lowest BCUT2D eigenvalue weighted by Gasteiger charge is -2.26. The number of benzene rings is 1. The van der Waals surface area contributed by atoms with Gasteiger partial charge in [-0.25, -0.2) is 4.98 Å². The molecule has 4 rings (SSSR count). The Balaban J connectivity index is 1.70. The highest BCUT2D eigenvalue weighted by atomic mass is 32.1. The van der Waals surface area contributed by atoms with E-state index in [0.717, 1.165) is 5.69 Å². The van der Waals surface area contributed by atoms with E-state index in [0.29, 0.717) is 21.5 Å². The Morgan fingerprint density at radius 1 is 1.30 bits per heavy atom. The number of likely N-dealkylation sites (N-methyl/N-ethyl adjacent to an activating group) is 1. The maximum absolute atomic E-state index is 11.7. The number of hydrogen-bond donors (Lipinski definition) is 1. The standard InChI is InChI=1S/C14H11N5O3S/c1-18-9-6-8(2-3-10(9)22-7-12(18)21)16-13-17-19-11(20)4-5-15-14(19)23-13/h2-6H,7H2,1H3,(H,16,17). The van der Waals surface area contributed by atoms with Crippen molar-refractivity contribution < 1.29 is 9.53 Å². The molecule has 0 saturated heterocycles. The van der Waals surface area contributed by atoms with Crippen LogP contribution >= 0.6 is 11.3 Å². The molecule has 0 saturated carbocycles. The second-order valence-electron chi connectivity index (χ2n) is 4.93. The van der Waals surface area contributed by atoms with Crippen molar-refractivity contribution in [2.75, 3.05) is 23.9 Å². The van der Waals surface area contributed by atoms with E-state index in [1.54, 1.807) is 24.1 Å². The molecule has 0 unspecified atom stereocenters. The molecule has 1 aromatic carbocycles. The zero-order valence-electron chi connectivity index (χ0n) is 12.0. The van der Waals surface area contributed by atoms with Gasteiger partial charge in [0.25, 0.3) is 11.5 Å². The summed E-state index contributed by atoms with van der Waals surface area (Å²) in [7, 11) is 1.70. The quantitative estimate of drug-likeness (QED) is 0.761. The number of nitrogens with zero attached hydrogens (tertiary/aromatic N) is 4. The lowest BCUT2D eigenvalue weighted by Crippen LogP contribution is -2.35. The summed E-state index contributed by atoms with van der Waals surface area (Å²) < 4.78 is 6.63.